The van der Waals surface area contributed by atoms with E-state index in [0.717, 1.165) is 6.07 Å². The highest BCUT2D eigenvalue weighted by Gasteiger charge is 2.35. The van der Waals surface area contributed by atoms with Gasteiger partial charge < -0.3 is 26.0 Å². The van der Waals surface area contributed by atoms with Gasteiger partial charge in [0.1, 0.15) is 9.79 Å². The molecule has 0 unspecified atom stereocenters. The van der Waals surface area contributed by atoms with E-state index >= 15 is 0 Å². The van der Waals surface area contributed by atoms with Crippen molar-refractivity contribution in [2.45, 2.75) is 21.9 Å². The molecular formula is C17H31N9O7S2. The molecule has 35 heavy (non-hydrogen) atoms. The maximum absolute atomic E-state index is 13.0. The molecule has 0 bridgehead atoms. The lowest BCUT2D eigenvalue weighted by Gasteiger charge is -2.40. The van der Waals surface area contributed by atoms with Crippen LogP contribution in [0.15, 0.2) is 27.0 Å². The predicted molar refractivity (Wildman–Crippen MR) is 126 cm³/mol. The first-order valence-electron chi connectivity index (χ1n) is 10.7. The zero-order valence-corrected chi connectivity index (χ0v) is 20.4. The lowest BCUT2D eigenvalue weighted by molar-refractivity contribution is 0.0700. The Kier molecular flexibility index (Phi) is 8.86. The second-order valence-corrected chi connectivity index (χ2v) is 11.2. The average Bonchev–Trinajstić information content (AvgIpc) is 3.37. The molecule has 0 aromatic heterocycles. The monoisotopic (exact) mass is 537 g/mol. The summed E-state index contributed by atoms with van der Waals surface area (Å²) in [5.41, 5.74) is 13.2. The minimum atomic E-state index is -4.61. The van der Waals surface area contributed by atoms with E-state index in [1.54, 1.807) is 0 Å². The van der Waals surface area contributed by atoms with E-state index in [-0.39, 0.29) is 31.2 Å². The number of hydrazone groups is 1. The number of nitrogens with zero attached hydrogens (tertiary/aromatic N) is 3. The van der Waals surface area contributed by atoms with Crippen molar-refractivity contribution in [3.8, 4) is 0 Å². The summed E-state index contributed by atoms with van der Waals surface area (Å²) in [4.78, 5) is 2.44. The van der Waals surface area contributed by atoms with Gasteiger partial charge in [-0.05, 0) is 12.1 Å². The minimum Gasteiger partial charge on any atom is -0.395 e. The van der Waals surface area contributed by atoms with Gasteiger partial charge in [-0.3, -0.25) is 10.3 Å². The molecule has 1 fully saturated rings. The summed E-state index contributed by atoms with van der Waals surface area (Å²) < 4.78 is 53.7. The normalized spacial score (nSPS) is 18.3. The Balaban J connectivity index is 2.09. The Morgan fingerprint density at radius 3 is 2.29 bits per heavy atom. The van der Waals surface area contributed by atoms with Crippen molar-refractivity contribution in [1.82, 2.24) is 26.1 Å². The molecule has 1 aromatic rings. The van der Waals surface area contributed by atoms with Crippen LogP contribution in [0.2, 0.25) is 0 Å². The first kappa shape index (κ1) is 27.5. The third-order valence-corrected chi connectivity index (χ3v) is 8.28. The van der Waals surface area contributed by atoms with Crippen LogP contribution in [0.3, 0.4) is 0 Å². The van der Waals surface area contributed by atoms with Crippen LogP contribution in [0.1, 0.15) is 5.56 Å². The van der Waals surface area contributed by atoms with Gasteiger partial charge in [-0.15, -0.1) is 10.6 Å². The van der Waals surface area contributed by atoms with E-state index < -0.39 is 48.5 Å². The Morgan fingerprint density at radius 2 is 1.77 bits per heavy atom. The molecule has 0 radical (unpaired) electrons. The van der Waals surface area contributed by atoms with E-state index in [1.165, 1.54) is 6.07 Å². The molecule has 0 spiro atoms. The molecule has 16 nitrogen and oxygen atoms in total. The van der Waals surface area contributed by atoms with Crippen LogP contribution in [0.5, 0.6) is 0 Å². The number of rotatable bonds is 11. The maximum atomic E-state index is 13.0. The molecule has 1 atom stereocenters. The molecule has 0 saturated carbocycles. The molecule has 0 aliphatic carbocycles. The zero-order chi connectivity index (χ0) is 25.8. The average molecular weight is 538 g/mol. The first-order valence-corrected chi connectivity index (χ1v) is 13.7. The Hall–Kier alpha value is -2.13. The van der Waals surface area contributed by atoms with Crippen molar-refractivity contribution in [3.63, 3.8) is 0 Å². The molecule has 2 heterocycles. The van der Waals surface area contributed by atoms with Crippen LogP contribution < -0.4 is 37.0 Å². The summed E-state index contributed by atoms with van der Waals surface area (Å²) in [7, 11) is -9.04. The summed E-state index contributed by atoms with van der Waals surface area (Å²) in [6.07, 6.45) is -1.17. The molecule has 18 heteroatoms. The number of benzene rings is 1. The molecule has 1 aromatic carbocycles. The van der Waals surface area contributed by atoms with Crippen molar-refractivity contribution in [3.05, 3.63) is 17.7 Å². The van der Waals surface area contributed by atoms with Crippen molar-refractivity contribution in [1.29, 1.82) is 0 Å². The summed E-state index contributed by atoms with van der Waals surface area (Å²) >= 11 is 0. The summed E-state index contributed by atoms with van der Waals surface area (Å²) in [6.45, 7) is 0.605. The number of aliphatic hydroxyl groups is 3. The minimum absolute atomic E-state index is 0.00547. The third-order valence-electron chi connectivity index (χ3n) is 5.69. The van der Waals surface area contributed by atoms with E-state index in [4.69, 9.17) is 10.9 Å². The lowest BCUT2D eigenvalue weighted by atomic mass is 10.1. The number of primary sulfonamides is 1. The number of piperazine rings is 1. The lowest BCUT2D eigenvalue weighted by Crippen LogP contribution is -2.53. The van der Waals surface area contributed by atoms with E-state index in [9.17, 15) is 32.2 Å². The van der Waals surface area contributed by atoms with Crippen molar-refractivity contribution >= 4 is 31.6 Å². The number of hydrazine groups is 2. The van der Waals surface area contributed by atoms with E-state index in [0.29, 0.717) is 31.9 Å². The van der Waals surface area contributed by atoms with E-state index in [2.05, 4.69) is 26.3 Å². The maximum Gasteiger partial charge on any atom is 0.242 e. The Labute approximate surface area is 203 Å². The van der Waals surface area contributed by atoms with Crippen LogP contribution in [-0.4, -0.2) is 108 Å². The number of aliphatic hydroxyl groups excluding tert-OH is 3. The van der Waals surface area contributed by atoms with Gasteiger partial charge in [-0.2, -0.15) is 0 Å². The van der Waals surface area contributed by atoms with Crippen molar-refractivity contribution < 1.29 is 32.2 Å². The zero-order valence-electron chi connectivity index (χ0n) is 18.8. The summed E-state index contributed by atoms with van der Waals surface area (Å²) in [5, 5.41) is 38.0. The van der Waals surface area contributed by atoms with Gasteiger partial charge in [0, 0.05) is 45.0 Å². The van der Waals surface area contributed by atoms with Gasteiger partial charge in [-0.25, -0.2) is 32.2 Å². The van der Waals surface area contributed by atoms with Gasteiger partial charge in [0.25, 0.3) is 0 Å². The fourth-order valence-corrected chi connectivity index (χ4v) is 6.51. The highest BCUT2D eigenvalue weighted by atomic mass is 32.2. The predicted octanol–water partition coefficient (Wildman–Crippen LogP) is -5.32. The number of nitrogens with two attached hydrogens (primary N) is 2. The molecule has 2 aliphatic rings. The fourth-order valence-electron chi connectivity index (χ4n) is 3.84. The third kappa shape index (κ3) is 6.17. The first-order chi connectivity index (χ1) is 16.5. The quantitative estimate of drug-likeness (QED) is 0.128. The van der Waals surface area contributed by atoms with Crippen molar-refractivity contribution in [2.75, 3.05) is 57.4 Å². The summed E-state index contributed by atoms with van der Waals surface area (Å²) in [5.74, 6) is -0.00547. The molecule has 0 amide bonds. The molecule has 1 saturated heterocycles. The number of sulfonamides is 2. The Bertz CT molecular complexity index is 1130. The number of hydrogen-bond acceptors (Lipinski definition) is 14. The van der Waals surface area contributed by atoms with Crippen LogP contribution in [0.25, 0.3) is 0 Å². The standard InChI is InChI=1S/C17H31N9O7S2/c18-7-12(29)8-20-35(32,33)14-2-1-13(26-5-3-25(4-6-26)11(9-27)10-28)15(16(14)34(19,30)31)17-21-23-24-22-17/h1-2,11-12,20,23-24,27-29H,3-10,18H2,(H,21,22)(H2,19,30,31)/t12-/m1/s1. The second kappa shape index (κ2) is 11.3. The molecular weight excluding hydrogens is 506 g/mol. The fraction of sp³-hybridized carbons (Fsp3) is 0.588. The van der Waals surface area contributed by atoms with Gasteiger partial charge in [0.05, 0.1) is 30.9 Å². The smallest absolute Gasteiger partial charge is 0.242 e. The summed E-state index contributed by atoms with van der Waals surface area (Å²) in [6, 6.07) is 2.15. The van der Waals surface area contributed by atoms with Crippen LogP contribution in [-0.2, 0) is 20.0 Å². The largest absolute Gasteiger partial charge is 0.395 e. The van der Waals surface area contributed by atoms with E-state index in [1.807, 2.05) is 9.80 Å². The van der Waals surface area contributed by atoms with Crippen LogP contribution in [0.4, 0.5) is 5.69 Å². The number of anilines is 1. The number of hydrogen-bond donors (Lipinski definition) is 9. The van der Waals surface area contributed by atoms with Crippen molar-refractivity contribution in [2.24, 2.45) is 16.0 Å². The molecule has 198 valence electrons. The van der Waals surface area contributed by atoms with Crippen LogP contribution in [0, 0.1) is 0 Å². The van der Waals surface area contributed by atoms with Gasteiger partial charge in [-0.1, -0.05) is 0 Å². The van der Waals surface area contributed by atoms with Gasteiger partial charge >= 0.3 is 0 Å². The topological polar surface area (TPSA) is 248 Å². The number of nitrogens with one attached hydrogen (secondary N) is 4. The van der Waals surface area contributed by atoms with Crippen LogP contribution >= 0.6 is 0 Å². The molecule has 3 rings (SSSR count). The second-order valence-electron chi connectivity index (χ2n) is 7.94. The Morgan fingerprint density at radius 1 is 1.11 bits per heavy atom. The molecule has 11 N–H and O–H groups in total. The number of amidine groups is 1. The molecule has 2 aliphatic heterocycles. The highest BCUT2D eigenvalue weighted by molar-refractivity contribution is 7.92. The van der Waals surface area contributed by atoms with Gasteiger partial charge in [0.2, 0.25) is 20.0 Å². The van der Waals surface area contributed by atoms with Gasteiger partial charge in [0.15, 0.2) is 5.84 Å². The highest BCUT2D eigenvalue weighted by Crippen LogP contribution is 2.33. The SMILES string of the molecule is NC[C@@H](O)CNS(=O)(=O)c1ccc(N2CCN(C(CO)CO)CC2)c(C2=NNNN2)c1S(N)(=O)=O.